The molecule has 0 saturated heterocycles. The van der Waals surface area contributed by atoms with E-state index in [4.69, 9.17) is 10.5 Å². The highest BCUT2D eigenvalue weighted by Gasteiger charge is 2.34. The van der Waals surface area contributed by atoms with E-state index < -0.39 is 0 Å². The van der Waals surface area contributed by atoms with Crippen molar-refractivity contribution in [1.82, 2.24) is 4.90 Å². The Morgan fingerprint density at radius 3 is 2.24 bits per heavy atom. The third-order valence-electron chi connectivity index (χ3n) is 4.18. The van der Waals surface area contributed by atoms with E-state index >= 15 is 0 Å². The van der Waals surface area contributed by atoms with Gasteiger partial charge in [0.15, 0.2) is 0 Å². The normalized spacial score (nSPS) is 20.5. The Balaban J connectivity index is 2.58. The van der Waals surface area contributed by atoms with Crippen molar-refractivity contribution in [3.63, 3.8) is 0 Å². The second-order valence-electron chi connectivity index (χ2n) is 5.12. The van der Waals surface area contributed by atoms with Crippen molar-refractivity contribution in [3.05, 3.63) is 0 Å². The first-order chi connectivity index (χ1) is 8.29. The first-order valence-corrected chi connectivity index (χ1v) is 7.32. The number of likely N-dealkylation sites (N-methyl/N-ethyl adjacent to an activating group) is 1. The van der Waals surface area contributed by atoms with Crippen molar-refractivity contribution >= 4 is 0 Å². The second-order valence-corrected chi connectivity index (χ2v) is 5.12. The maximum atomic E-state index is 6.11. The molecule has 0 aliphatic heterocycles. The fourth-order valence-electron chi connectivity index (χ4n) is 3.09. The average molecular weight is 242 g/mol. The molecule has 0 bridgehead atoms. The summed E-state index contributed by atoms with van der Waals surface area (Å²) in [5, 5.41) is 0. The zero-order valence-electron chi connectivity index (χ0n) is 11.7. The number of nitrogens with two attached hydrogens (primary N) is 1. The maximum absolute atomic E-state index is 6.11. The molecule has 0 aromatic heterocycles. The molecular formula is C14H30N2O. The van der Waals surface area contributed by atoms with Gasteiger partial charge in [-0.15, -0.1) is 0 Å². The molecule has 102 valence electrons. The molecule has 0 amide bonds. The van der Waals surface area contributed by atoms with Crippen LogP contribution in [0, 0.1) is 0 Å². The fraction of sp³-hybridized carbons (Fsp3) is 1.00. The Kier molecular flexibility index (Phi) is 7.09. The summed E-state index contributed by atoms with van der Waals surface area (Å²) in [6.07, 6.45) is 7.97. The molecule has 0 unspecified atom stereocenters. The lowest BCUT2D eigenvalue weighted by Gasteiger charge is -2.42. The Morgan fingerprint density at radius 1 is 1.12 bits per heavy atom. The monoisotopic (exact) mass is 242 g/mol. The summed E-state index contributed by atoms with van der Waals surface area (Å²) in [4.78, 5) is 2.56. The summed E-state index contributed by atoms with van der Waals surface area (Å²) < 4.78 is 5.49. The third-order valence-corrected chi connectivity index (χ3v) is 4.18. The van der Waals surface area contributed by atoms with Gasteiger partial charge in [0.25, 0.3) is 0 Å². The van der Waals surface area contributed by atoms with Crippen LogP contribution >= 0.6 is 0 Å². The lowest BCUT2D eigenvalue weighted by atomic mass is 9.88. The van der Waals surface area contributed by atoms with E-state index in [0.29, 0.717) is 0 Å². The van der Waals surface area contributed by atoms with Crippen LogP contribution in [0.25, 0.3) is 0 Å². The van der Waals surface area contributed by atoms with Gasteiger partial charge in [-0.25, -0.2) is 0 Å². The van der Waals surface area contributed by atoms with Crippen LogP contribution in [0.15, 0.2) is 0 Å². The van der Waals surface area contributed by atoms with E-state index in [2.05, 4.69) is 18.7 Å². The summed E-state index contributed by atoms with van der Waals surface area (Å²) in [5.74, 6) is 0. The van der Waals surface area contributed by atoms with Crippen molar-refractivity contribution in [2.45, 2.75) is 57.9 Å². The van der Waals surface area contributed by atoms with Gasteiger partial charge >= 0.3 is 0 Å². The number of hydrogen-bond acceptors (Lipinski definition) is 3. The molecule has 2 N–H and O–H groups in total. The van der Waals surface area contributed by atoms with Gasteiger partial charge in [-0.3, -0.25) is 4.90 Å². The molecule has 0 aromatic carbocycles. The maximum Gasteiger partial charge on any atom is 0.0593 e. The molecule has 1 rings (SSSR count). The molecule has 0 radical (unpaired) electrons. The number of nitrogens with zero attached hydrogens (tertiary/aromatic N) is 1. The van der Waals surface area contributed by atoms with Crippen LogP contribution in [0.2, 0.25) is 0 Å². The van der Waals surface area contributed by atoms with E-state index in [1.165, 1.54) is 38.5 Å². The van der Waals surface area contributed by atoms with Gasteiger partial charge in [0.2, 0.25) is 0 Å². The van der Waals surface area contributed by atoms with Crippen LogP contribution in [-0.4, -0.2) is 43.3 Å². The largest absolute Gasteiger partial charge is 0.380 e. The van der Waals surface area contributed by atoms with Crippen LogP contribution in [-0.2, 0) is 4.74 Å². The molecule has 1 fully saturated rings. The Bertz CT molecular complexity index is 189. The predicted molar refractivity (Wildman–Crippen MR) is 73.2 cm³/mol. The van der Waals surface area contributed by atoms with Crippen molar-refractivity contribution in [3.8, 4) is 0 Å². The predicted octanol–water partition coefficient (Wildman–Crippen LogP) is 2.40. The van der Waals surface area contributed by atoms with Gasteiger partial charge in [-0.1, -0.05) is 32.6 Å². The Hall–Kier alpha value is -0.120. The fourth-order valence-corrected chi connectivity index (χ4v) is 3.09. The molecule has 3 nitrogen and oxygen atoms in total. The molecule has 0 heterocycles. The van der Waals surface area contributed by atoms with Gasteiger partial charge in [-0.05, 0) is 26.3 Å². The van der Waals surface area contributed by atoms with Crippen LogP contribution in [0.4, 0.5) is 0 Å². The van der Waals surface area contributed by atoms with Crippen molar-refractivity contribution in [1.29, 1.82) is 0 Å². The minimum atomic E-state index is 0.252. The van der Waals surface area contributed by atoms with Crippen LogP contribution in [0.1, 0.15) is 52.4 Å². The van der Waals surface area contributed by atoms with Crippen molar-refractivity contribution in [2.24, 2.45) is 5.73 Å². The molecule has 0 spiro atoms. The Labute approximate surface area is 107 Å². The van der Waals surface area contributed by atoms with Gasteiger partial charge in [0.05, 0.1) is 6.61 Å². The van der Waals surface area contributed by atoms with Gasteiger partial charge in [0.1, 0.15) is 0 Å². The van der Waals surface area contributed by atoms with E-state index in [1.54, 1.807) is 0 Å². The zero-order chi connectivity index (χ0) is 12.6. The highest BCUT2D eigenvalue weighted by molar-refractivity contribution is 4.92. The smallest absolute Gasteiger partial charge is 0.0593 e. The molecule has 1 aliphatic carbocycles. The quantitative estimate of drug-likeness (QED) is 0.550. The molecule has 3 heteroatoms. The van der Waals surface area contributed by atoms with Crippen LogP contribution < -0.4 is 5.73 Å². The number of rotatable bonds is 7. The SMILES string of the molecule is CCOCCN(CC)C1(CN)CCCCCC1. The highest BCUT2D eigenvalue weighted by atomic mass is 16.5. The van der Waals surface area contributed by atoms with Crippen molar-refractivity contribution < 1.29 is 4.74 Å². The molecule has 17 heavy (non-hydrogen) atoms. The molecule has 0 atom stereocenters. The van der Waals surface area contributed by atoms with E-state index in [9.17, 15) is 0 Å². The topological polar surface area (TPSA) is 38.5 Å². The number of ether oxygens (including phenoxy) is 1. The minimum absolute atomic E-state index is 0.252. The second kappa shape index (κ2) is 8.06. The standard InChI is InChI=1S/C14H30N2O/c1-3-16(11-12-17-4-2)14(13-15)9-7-5-6-8-10-14/h3-13,15H2,1-2H3. The lowest BCUT2D eigenvalue weighted by molar-refractivity contribution is 0.0426. The molecular weight excluding hydrogens is 212 g/mol. The highest BCUT2D eigenvalue weighted by Crippen LogP contribution is 2.31. The summed E-state index contributed by atoms with van der Waals surface area (Å²) >= 11 is 0. The third kappa shape index (κ3) is 4.23. The van der Waals surface area contributed by atoms with Crippen molar-refractivity contribution in [2.75, 3.05) is 32.8 Å². The first-order valence-electron chi connectivity index (χ1n) is 7.32. The van der Waals surface area contributed by atoms with E-state index in [1.807, 2.05) is 0 Å². The number of hydrogen-bond donors (Lipinski definition) is 1. The van der Waals surface area contributed by atoms with Gasteiger partial charge < -0.3 is 10.5 Å². The van der Waals surface area contributed by atoms with E-state index in [0.717, 1.165) is 32.8 Å². The van der Waals surface area contributed by atoms with Crippen LogP contribution in [0.3, 0.4) is 0 Å². The molecule has 1 saturated carbocycles. The van der Waals surface area contributed by atoms with Gasteiger partial charge in [-0.2, -0.15) is 0 Å². The lowest BCUT2D eigenvalue weighted by Crippen LogP contribution is -2.54. The minimum Gasteiger partial charge on any atom is -0.380 e. The summed E-state index contributed by atoms with van der Waals surface area (Å²) in [5.41, 5.74) is 6.36. The van der Waals surface area contributed by atoms with Gasteiger partial charge in [0, 0.05) is 25.2 Å². The summed E-state index contributed by atoms with van der Waals surface area (Å²) in [6.45, 7) is 8.87. The van der Waals surface area contributed by atoms with E-state index in [-0.39, 0.29) is 5.54 Å². The summed E-state index contributed by atoms with van der Waals surface area (Å²) in [6, 6.07) is 0. The first kappa shape index (κ1) is 14.9. The zero-order valence-corrected chi connectivity index (χ0v) is 11.7. The Morgan fingerprint density at radius 2 is 1.76 bits per heavy atom. The summed E-state index contributed by atoms with van der Waals surface area (Å²) in [7, 11) is 0. The molecule has 0 aromatic rings. The molecule has 1 aliphatic rings. The average Bonchev–Trinajstić information content (AvgIpc) is 2.61. The van der Waals surface area contributed by atoms with Crippen LogP contribution in [0.5, 0.6) is 0 Å².